The van der Waals surface area contributed by atoms with Gasteiger partial charge in [-0.05, 0) is 49.7 Å². The molecule has 14 nitrogen and oxygen atoms in total. The largest absolute Gasteiger partial charge is 0.465 e. The first-order valence-electron chi connectivity index (χ1n) is 13.6. The lowest BCUT2D eigenvalue weighted by molar-refractivity contribution is -0.128. The molecule has 1 aromatic rings. The van der Waals surface area contributed by atoms with Crippen molar-refractivity contribution in [1.29, 1.82) is 10.8 Å². The monoisotopic (exact) mass is 591 g/mol. The lowest BCUT2D eigenvalue weighted by Crippen LogP contribution is -2.59. The van der Waals surface area contributed by atoms with Crippen LogP contribution in [0.15, 0.2) is 24.3 Å². The van der Waals surface area contributed by atoms with Crippen LogP contribution in [0.5, 0.6) is 0 Å². The van der Waals surface area contributed by atoms with Crippen LogP contribution in [-0.4, -0.2) is 96.2 Å². The number of guanidine groups is 2. The molecule has 2 aliphatic rings. The minimum Gasteiger partial charge on any atom is -0.465 e. The van der Waals surface area contributed by atoms with E-state index in [1.54, 1.807) is 17.0 Å². The van der Waals surface area contributed by atoms with Gasteiger partial charge in [0, 0.05) is 25.4 Å². The van der Waals surface area contributed by atoms with Gasteiger partial charge in [-0.15, -0.1) is 0 Å². The highest BCUT2D eigenvalue weighted by Gasteiger charge is 2.32. The number of hydrogen-bond donors (Lipinski definition) is 8. The smallest absolute Gasteiger partial charge is 0.338 e. The number of piperidine rings is 2. The van der Waals surface area contributed by atoms with Gasteiger partial charge >= 0.3 is 5.97 Å². The predicted octanol–water partition coefficient (Wildman–Crippen LogP) is -0.516. The minimum atomic E-state index is -1.11. The molecule has 41 heavy (non-hydrogen) atoms. The lowest BCUT2D eigenvalue weighted by atomic mass is 9.90. The standard InChI is InChI=1S/C26H41N9O5S/c1-40-24(39)18-6-3-2-5-17(18)15-41-33-20(13-16-8-11-34(12-9-16)25(27)28)22(37)31-14-21(36)32-19-7-4-10-35(23(19)38)26(29)30/h2-3,5-6,16,19-20,23,33,38H,4,7-15H2,1H3,(H3,27,28)(H3,29,30)(H,31,37)(H,32,36)/t19?,20-,23?/m1/s1. The topological polar surface area (TPSA) is 223 Å². The van der Waals surface area contributed by atoms with Gasteiger partial charge in [0.1, 0.15) is 6.23 Å². The molecule has 0 saturated carbocycles. The number of carbonyl (C=O) groups is 3. The quantitative estimate of drug-likeness (QED) is 0.0708. The molecule has 0 spiro atoms. The SMILES string of the molecule is COC(=O)c1ccccc1CSN[C@H](CC1CCN(C(=N)N)CC1)C(=O)NCC(=O)NC1CCCN(C(=N)N)C1O. The van der Waals surface area contributed by atoms with Crippen LogP contribution in [0.3, 0.4) is 0 Å². The van der Waals surface area contributed by atoms with Gasteiger partial charge in [0.15, 0.2) is 11.9 Å². The van der Waals surface area contributed by atoms with Crippen LogP contribution in [0.25, 0.3) is 0 Å². The first-order valence-corrected chi connectivity index (χ1v) is 14.6. The zero-order valence-corrected chi connectivity index (χ0v) is 24.0. The molecule has 0 aromatic heterocycles. The van der Waals surface area contributed by atoms with Gasteiger partial charge in [-0.2, -0.15) is 0 Å². The third-order valence-electron chi connectivity index (χ3n) is 7.39. The Morgan fingerprint density at radius 2 is 1.83 bits per heavy atom. The number of nitrogens with zero attached hydrogens (tertiary/aromatic N) is 2. The van der Waals surface area contributed by atoms with Gasteiger partial charge in [-0.25, -0.2) is 4.79 Å². The summed E-state index contributed by atoms with van der Waals surface area (Å²) in [6.45, 7) is 1.42. The highest BCUT2D eigenvalue weighted by atomic mass is 32.2. The molecule has 0 aliphatic carbocycles. The fraction of sp³-hybridized carbons (Fsp3) is 0.577. The molecule has 2 unspecified atom stereocenters. The summed E-state index contributed by atoms with van der Waals surface area (Å²) in [5.41, 5.74) is 12.3. The second-order valence-electron chi connectivity index (χ2n) is 10.2. The number of aliphatic hydroxyl groups excluding tert-OH is 1. The number of nitrogens with one attached hydrogen (secondary N) is 5. The van der Waals surface area contributed by atoms with Crippen LogP contribution in [0.4, 0.5) is 0 Å². The molecule has 0 radical (unpaired) electrons. The highest BCUT2D eigenvalue weighted by molar-refractivity contribution is 7.96. The van der Waals surface area contributed by atoms with E-state index in [0.717, 1.165) is 18.4 Å². The van der Waals surface area contributed by atoms with E-state index < -0.39 is 30.2 Å². The third-order valence-corrected chi connectivity index (χ3v) is 8.30. The van der Waals surface area contributed by atoms with Crippen LogP contribution in [-0.2, 0) is 20.1 Å². The van der Waals surface area contributed by atoms with E-state index in [4.69, 9.17) is 27.0 Å². The summed E-state index contributed by atoms with van der Waals surface area (Å²) >= 11 is 1.29. The van der Waals surface area contributed by atoms with Crippen LogP contribution in [0, 0.1) is 16.7 Å². The summed E-state index contributed by atoms with van der Waals surface area (Å²) in [5.74, 6) is -0.854. The van der Waals surface area contributed by atoms with Gasteiger partial charge in [0.2, 0.25) is 11.8 Å². The van der Waals surface area contributed by atoms with Gasteiger partial charge in [-0.3, -0.25) is 25.1 Å². The second-order valence-corrected chi connectivity index (χ2v) is 11.0. The van der Waals surface area contributed by atoms with Crippen molar-refractivity contribution < 1.29 is 24.2 Å². The Hall–Kier alpha value is -3.56. The molecule has 2 amide bonds. The number of carbonyl (C=O) groups excluding carboxylic acids is 3. The first kappa shape index (κ1) is 32.0. The van der Waals surface area contributed by atoms with E-state index >= 15 is 0 Å². The Labute approximate surface area is 244 Å². The van der Waals surface area contributed by atoms with Crippen molar-refractivity contribution in [2.75, 3.05) is 33.3 Å². The van der Waals surface area contributed by atoms with Crippen molar-refractivity contribution in [2.45, 2.75) is 56.2 Å². The molecule has 0 bridgehead atoms. The van der Waals surface area contributed by atoms with Crippen molar-refractivity contribution >= 4 is 41.7 Å². The summed E-state index contributed by atoms with van der Waals surface area (Å²) in [6.07, 6.45) is 2.12. The Morgan fingerprint density at radius 3 is 2.49 bits per heavy atom. The molecule has 3 atom stereocenters. The maximum absolute atomic E-state index is 13.2. The molecule has 2 saturated heterocycles. The molecule has 2 fully saturated rings. The van der Waals surface area contributed by atoms with Crippen LogP contribution in [0.1, 0.15) is 48.0 Å². The zero-order valence-electron chi connectivity index (χ0n) is 23.2. The van der Waals surface area contributed by atoms with E-state index in [-0.39, 0.29) is 30.3 Å². The van der Waals surface area contributed by atoms with Crippen LogP contribution in [0.2, 0.25) is 0 Å². The molecule has 3 rings (SSSR count). The number of methoxy groups -OCH3 is 1. The van der Waals surface area contributed by atoms with E-state index in [2.05, 4.69) is 15.4 Å². The van der Waals surface area contributed by atoms with Crippen molar-refractivity contribution in [1.82, 2.24) is 25.2 Å². The number of hydrogen-bond acceptors (Lipinski definition) is 9. The molecule has 2 aliphatic heterocycles. The number of benzene rings is 1. The van der Waals surface area contributed by atoms with E-state index in [9.17, 15) is 19.5 Å². The molecular weight excluding hydrogens is 550 g/mol. The van der Waals surface area contributed by atoms with Crippen LogP contribution < -0.4 is 26.8 Å². The molecular formula is C26H41N9O5S. The van der Waals surface area contributed by atoms with Crippen molar-refractivity contribution in [2.24, 2.45) is 17.4 Å². The number of likely N-dealkylation sites (tertiary alicyclic amines) is 2. The molecule has 10 N–H and O–H groups in total. The summed E-state index contributed by atoms with van der Waals surface area (Å²) in [5, 5.41) is 31.1. The average molecular weight is 592 g/mol. The first-order chi connectivity index (χ1) is 19.6. The Bertz CT molecular complexity index is 1100. The predicted molar refractivity (Wildman–Crippen MR) is 156 cm³/mol. The van der Waals surface area contributed by atoms with Gasteiger partial charge in [-0.1, -0.05) is 30.1 Å². The minimum absolute atomic E-state index is 0.0382. The normalized spacial score (nSPS) is 20.1. The zero-order chi connectivity index (χ0) is 29.9. The number of rotatable bonds is 11. The number of aliphatic hydroxyl groups is 1. The van der Waals surface area contributed by atoms with Crippen molar-refractivity contribution in [3.8, 4) is 0 Å². The number of ether oxygens (including phenoxy) is 1. The van der Waals surface area contributed by atoms with Gasteiger partial charge in [0.25, 0.3) is 0 Å². The second kappa shape index (κ2) is 15.4. The Kier molecular flexibility index (Phi) is 12.0. The van der Waals surface area contributed by atoms with E-state index in [1.165, 1.54) is 24.0 Å². The molecule has 226 valence electrons. The van der Waals surface area contributed by atoms with Crippen molar-refractivity contribution in [3.63, 3.8) is 0 Å². The maximum Gasteiger partial charge on any atom is 0.338 e. The Balaban J connectivity index is 1.58. The fourth-order valence-electron chi connectivity index (χ4n) is 5.07. The van der Waals surface area contributed by atoms with Gasteiger partial charge < -0.3 is 41.7 Å². The van der Waals surface area contributed by atoms with Gasteiger partial charge in [0.05, 0.1) is 31.3 Å². The summed E-state index contributed by atoms with van der Waals surface area (Å²) in [4.78, 5) is 41.1. The van der Waals surface area contributed by atoms with E-state index in [0.29, 0.717) is 50.2 Å². The number of esters is 1. The number of amides is 2. The average Bonchev–Trinajstić information content (AvgIpc) is 2.96. The third kappa shape index (κ3) is 9.23. The fourth-order valence-corrected chi connectivity index (χ4v) is 5.96. The molecule has 2 heterocycles. The summed E-state index contributed by atoms with van der Waals surface area (Å²) < 4.78 is 8.09. The Morgan fingerprint density at radius 1 is 1.12 bits per heavy atom. The summed E-state index contributed by atoms with van der Waals surface area (Å²) in [7, 11) is 1.33. The highest BCUT2D eigenvalue weighted by Crippen LogP contribution is 2.24. The molecule has 15 heteroatoms. The maximum atomic E-state index is 13.2. The van der Waals surface area contributed by atoms with Crippen LogP contribution >= 0.6 is 11.9 Å². The van der Waals surface area contributed by atoms with Crippen molar-refractivity contribution in [3.05, 3.63) is 35.4 Å². The number of nitrogens with two attached hydrogens (primary N) is 2. The van der Waals surface area contributed by atoms with E-state index in [1.807, 2.05) is 12.1 Å². The summed E-state index contributed by atoms with van der Waals surface area (Å²) in [6, 6.07) is 5.86. The molecule has 1 aromatic carbocycles. The lowest BCUT2D eigenvalue weighted by Gasteiger charge is -2.38.